The van der Waals surface area contributed by atoms with Gasteiger partial charge < -0.3 is 9.64 Å². The fraction of sp³-hybridized carbons (Fsp3) is 0.500. The Morgan fingerprint density at radius 2 is 1.76 bits per heavy atom. The van der Waals surface area contributed by atoms with Crippen LogP contribution >= 0.6 is 0 Å². The maximum absolute atomic E-state index is 12.7. The summed E-state index contributed by atoms with van der Waals surface area (Å²) in [6, 6.07) is 5.40. The zero-order valence-electron chi connectivity index (χ0n) is 12.5. The van der Waals surface area contributed by atoms with Crippen molar-refractivity contribution in [3.05, 3.63) is 29.3 Å². The molecule has 1 saturated heterocycles. The highest BCUT2D eigenvalue weighted by Gasteiger charge is 2.31. The number of aryl methyl sites for hydroxylation is 2. The van der Waals surface area contributed by atoms with Crippen LogP contribution in [0.5, 0.6) is 0 Å². The van der Waals surface area contributed by atoms with E-state index in [4.69, 9.17) is 0 Å². The Morgan fingerprint density at radius 3 is 2.33 bits per heavy atom. The van der Waals surface area contributed by atoms with Crippen LogP contribution in [0.2, 0.25) is 0 Å². The fourth-order valence-corrected chi connectivity index (χ4v) is 4.10. The lowest BCUT2D eigenvalue weighted by Gasteiger charge is -2.33. The molecule has 7 heteroatoms. The number of sulfonamides is 1. The van der Waals surface area contributed by atoms with Gasteiger partial charge in [-0.3, -0.25) is 0 Å². The van der Waals surface area contributed by atoms with Gasteiger partial charge in [0.25, 0.3) is 0 Å². The number of hydrogen-bond acceptors (Lipinski definition) is 4. The summed E-state index contributed by atoms with van der Waals surface area (Å²) in [4.78, 5) is 13.3. The molecule has 0 saturated carbocycles. The second kappa shape index (κ2) is 6.03. The molecule has 1 aromatic rings. The first-order valence-corrected chi connectivity index (χ1v) is 8.20. The standard InChI is InChI=1S/C14H20N2O4S/c1-11-4-5-12(2)13(10-11)21(18,19)16-8-6-15(7-9-16)14(17)20-3/h4-5,10H,6-9H2,1-3H3. The number of rotatable bonds is 2. The van der Waals surface area contributed by atoms with E-state index in [2.05, 4.69) is 4.74 Å². The number of amides is 1. The van der Waals surface area contributed by atoms with Gasteiger partial charge in [0.05, 0.1) is 12.0 Å². The van der Waals surface area contributed by atoms with E-state index in [0.717, 1.165) is 11.1 Å². The molecular weight excluding hydrogens is 292 g/mol. The van der Waals surface area contributed by atoms with Gasteiger partial charge >= 0.3 is 6.09 Å². The van der Waals surface area contributed by atoms with Gasteiger partial charge in [-0.2, -0.15) is 4.31 Å². The maximum atomic E-state index is 12.7. The van der Waals surface area contributed by atoms with Crippen LogP contribution in [0, 0.1) is 13.8 Å². The van der Waals surface area contributed by atoms with Crippen LogP contribution in [-0.2, 0) is 14.8 Å². The highest BCUT2D eigenvalue weighted by molar-refractivity contribution is 7.89. The first-order valence-electron chi connectivity index (χ1n) is 6.76. The van der Waals surface area contributed by atoms with Crippen LogP contribution in [0.15, 0.2) is 23.1 Å². The summed E-state index contributed by atoms with van der Waals surface area (Å²) in [5.41, 5.74) is 1.64. The smallest absolute Gasteiger partial charge is 0.409 e. The third-order valence-electron chi connectivity index (χ3n) is 3.63. The lowest BCUT2D eigenvalue weighted by molar-refractivity contribution is 0.108. The molecule has 0 aromatic heterocycles. The summed E-state index contributed by atoms with van der Waals surface area (Å²) in [5, 5.41) is 0. The largest absolute Gasteiger partial charge is 0.453 e. The second-order valence-electron chi connectivity index (χ2n) is 5.13. The van der Waals surface area contributed by atoms with E-state index in [1.54, 1.807) is 13.0 Å². The molecule has 0 aliphatic carbocycles. The van der Waals surface area contributed by atoms with Crippen molar-refractivity contribution in [1.82, 2.24) is 9.21 Å². The minimum atomic E-state index is -3.52. The molecule has 1 aromatic carbocycles. The molecule has 0 N–H and O–H groups in total. The Balaban J connectivity index is 2.19. The molecular formula is C14H20N2O4S. The van der Waals surface area contributed by atoms with E-state index in [1.165, 1.54) is 16.3 Å². The molecule has 0 unspecified atom stereocenters. The molecule has 0 bridgehead atoms. The number of carbonyl (C=O) groups is 1. The van der Waals surface area contributed by atoms with Gasteiger partial charge in [0, 0.05) is 26.2 Å². The Labute approximate surface area is 125 Å². The molecule has 0 radical (unpaired) electrons. The number of benzene rings is 1. The highest BCUT2D eigenvalue weighted by Crippen LogP contribution is 2.22. The third kappa shape index (κ3) is 3.19. The molecule has 0 spiro atoms. The normalized spacial score (nSPS) is 16.8. The Kier molecular flexibility index (Phi) is 4.53. The van der Waals surface area contributed by atoms with Crippen LogP contribution in [0.4, 0.5) is 4.79 Å². The molecule has 1 fully saturated rings. The van der Waals surface area contributed by atoms with Crippen molar-refractivity contribution in [2.45, 2.75) is 18.7 Å². The maximum Gasteiger partial charge on any atom is 0.409 e. The average Bonchev–Trinajstić information content (AvgIpc) is 2.49. The van der Waals surface area contributed by atoms with E-state index in [1.807, 2.05) is 19.1 Å². The molecule has 2 rings (SSSR count). The predicted octanol–water partition coefficient (Wildman–Crippen LogP) is 1.38. The van der Waals surface area contributed by atoms with Gasteiger partial charge in [0.1, 0.15) is 0 Å². The number of nitrogens with zero attached hydrogens (tertiary/aromatic N) is 2. The third-order valence-corrected chi connectivity index (χ3v) is 5.67. The van der Waals surface area contributed by atoms with E-state index < -0.39 is 16.1 Å². The summed E-state index contributed by atoms with van der Waals surface area (Å²) < 4.78 is 31.5. The van der Waals surface area contributed by atoms with Crippen LogP contribution in [0.25, 0.3) is 0 Å². The second-order valence-corrected chi connectivity index (χ2v) is 7.04. The fourth-order valence-electron chi connectivity index (χ4n) is 2.36. The van der Waals surface area contributed by atoms with Crippen molar-refractivity contribution >= 4 is 16.1 Å². The lowest BCUT2D eigenvalue weighted by Crippen LogP contribution is -2.50. The zero-order valence-corrected chi connectivity index (χ0v) is 13.3. The van der Waals surface area contributed by atoms with Crippen molar-refractivity contribution in [2.75, 3.05) is 33.3 Å². The zero-order chi connectivity index (χ0) is 15.6. The van der Waals surface area contributed by atoms with Gasteiger partial charge in [-0.15, -0.1) is 0 Å². The van der Waals surface area contributed by atoms with Gasteiger partial charge in [-0.25, -0.2) is 13.2 Å². The Morgan fingerprint density at radius 1 is 1.14 bits per heavy atom. The molecule has 1 aliphatic rings. The topological polar surface area (TPSA) is 66.9 Å². The van der Waals surface area contributed by atoms with Crippen molar-refractivity contribution in [3.8, 4) is 0 Å². The summed E-state index contributed by atoms with van der Waals surface area (Å²) >= 11 is 0. The van der Waals surface area contributed by atoms with Crippen molar-refractivity contribution in [2.24, 2.45) is 0 Å². The van der Waals surface area contributed by atoms with Gasteiger partial charge in [-0.05, 0) is 31.0 Å². The molecule has 1 amide bonds. The summed E-state index contributed by atoms with van der Waals surface area (Å²) in [6.07, 6.45) is -0.418. The van der Waals surface area contributed by atoms with E-state index in [0.29, 0.717) is 18.0 Å². The number of methoxy groups -OCH3 is 1. The number of piperazine rings is 1. The van der Waals surface area contributed by atoms with Crippen molar-refractivity contribution in [3.63, 3.8) is 0 Å². The average molecular weight is 312 g/mol. The van der Waals surface area contributed by atoms with Crippen molar-refractivity contribution < 1.29 is 17.9 Å². The Hall–Kier alpha value is -1.60. The molecule has 1 aliphatic heterocycles. The molecule has 1 heterocycles. The molecule has 0 atom stereocenters. The first-order chi connectivity index (χ1) is 9.86. The quantitative estimate of drug-likeness (QED) is 0.827. The SMILES string of the molecule is COC(=O)N1CCN(S(=O)(=O)c2cc(C)ccc2C)CC1. The van der Waals surface area contributed by atoms with E-state index >= 15 is 0 Å². The highest BCUT2D eigenvalue weighted by atomic mass is 32.2. The van der Waals surface area contributed by atoms with Gasteiger partial charge in [-0.1, -0.05) is 12.1 Å². The number of hydrogen-bond donors (Lipinski definition) is 0. The van der Waals surface area contributed by atoms with Gasteiger partial charge in [0.15, 0.2) is 0 Å². The number of ether oxygens (including phenoxy) is 1. The first kappa shape index (κ1) is 15.8. The predicted molar refractivity (Wildman–Crippen MR) is 78.7 cm³/mol. The van der Waals surface area contributed by atoms with Crippen LogP contribution in [0.1, 0.15) is 11.1 Å². The molecule has 21 heavy (non-hydrogen) atoms. The van der Waals surface area contributed by atoms with Crippen LogP contribution in [0.3, 0.4) is 0 Å². The molecule has 116 valence electrons. The minimum Gasteiger partial charge on any atom is -0.453 e. The van der Waals surface area contributed by atoms with Crippen molar-refractivity contribution in [1.29, 1.82) is 0 Å². The summed E-state index contributed by atoms with van der Waals surface area (Å²) in [5.74, 6) is 0. The Bertz CT molecular complexity index is 634. The van der Waals surface area contributed by atoms with Crippen LogP contribution < -0.4 is 0 Å². The van der Waals surface area contributed by atoms with Crippen LogP contribution in [-0.4, -0.2) is 57.0 Å². The number of carbonyl (C=O) groups excluding carboxylic acids is 1. The lowest BCUT2D eigenvalue weighted by atomic mass is 10.2. The monoisotopic (exact) mass is 312 g/mol. The van der Waals surface area contributed by atoms with Gasteiger partial charge in [0.2, 0.25) is 10.0 Å². The van der Waals surface area contributed by atoms with E-state index in [-0.39, 0.29) is 13.1 Å². The summed E-state index contributed by atoms with van der Waals surface area (Å²) in [7, 11) is -2.20. The summed E-state index contributed by atoms with van der Waals surface area (Å²) in [6.45, 7) is 4.91. The minimum absolute atomic E-state index is 0.283. The molecule has 6 nitrogen and oxygen atoms in total. The van der Waals surface area contributed by atoms with E-state index in [9.17, 15) is 13.2 Å².